The zero-order valence-corrected chi connectivity index (χ0v) is 16.7. The summed E-state index contributed by atoms with van der Waals surface area (Å²) in [5, 5.41) is 15.2. The van der Waals surface area contributed by atoms with Crippen LogP contribution < -0.4 is 5.01 Å². The number of para-hydroxylation sites is 1. The third kappa shape index (κ3) is 4.26. The van der Waals surface area contributed by atoms with Gasteiger partial charge in [-0.3, -0.25) is 14.4 Å². The zero-order chi connectivity index (χ0) is 21.1. The molecule has 3 rings (SSSR count). The average molecular weight is 392 g/mol. The fraction of sp³-hybridized carbons (Fsp3) is 0.304. The highest BCUT2D eigenvalue weighted by atomic mass is 16.4. The van der Waals surface area contributed by atoms with Crippen LogP contribution in [0.25, 0.3) is 0 Å². The summed E-state index contributed by atoms with van der Waals surface area (Å²) in [4.78, 5) is 37.6. The minimum Gasteiger partial charge on any atom is -0.481 e. The lowest BCUT2D eigenvalue weighted by molar-refractivity contribution is -0.144. The number of amides is 1. The van der Waals surface area contributed by atoms with Gasteiger partial charge in [0.2, 0.25) is 0 Å². The highest BCUT2D eigenvalue weighted by molar-refractivity contribution is 6.17. The van der Waals surface area contributed by atoms with Crippen LogP contribution in [0.2, 0.25) is 0 Å². The number of hydrogen-bond donors (Lipinski definition) is 1. The zero-order valence-electron chi connectivity index (χ0n) is 16.7. The molecule has 1 aliphatic heterocycles. The highest BCUT2D eigenvalue weighted by Gasteiger charge is 2.44. The number of ketones is 1. The molecule has 1 aliphatic rings. The summed E-state index contributed by atoms with van der Waals surface area (Å²) < 4.78 is 0. The summed E-state index contributed by atoms with van der Waals surface area (Å²) in [6.07, 6.45) is -0.262. The maximum absolute atomic E-state index is 12.9. The number of aliphatic carboxylic acids is 1. The number of benzene rings is 2. The van der Waals surface area contributed by atoms with E-state index in [1.807, 2.05) is 18.2 Å². The third-order valence-corrected chi connectivity index (χ3v) is 5.21. The predicted molar refractivity (Wildman–Crippen MR) is 111 cm³/mol. The Bertz CT molecular complexity index is 949. The second kappa shape index (κ2) is 8.39. The second-order valence-corrected chi connectivity index (χ2v) is 7.55. The molecule has 6 nitrogen and oxygen atoms in total. The minimum absolute atomic E-state index is 0.262. The van der Waals surface area contributed by atoms with E-state index in [9.17, 15) is 19.5 Å². The van der Waals surface area contributed by atoms with Gasteiger partial charge in [0.15, 0.2) is 5.78 Å². The molecule has 0 aliphatic carbocycles. The lowest BCUT2D eigenvalue weighted by Crippen LogP contribution is -2.37. The monoisotopic (exact) mass is 392 g/mol. The number of carbonyl (C=O) groups is 3. The van der Waals surface area contributed by atoms with E-state index in [0.717, 1.165) is 5.56 Å². The number of rotatable bonds is 7. The van der Waals surface area contributed by atoms with E-state index >= 15 is 0 Å². The number of carbonyl (C=O) groups excluding carboxylic acids is 2. The maximum atomic E-state index is 12.9. The van der Waals surface area contributed by atoms with E-state index < -0.39 is 23.7 Å². The molecule has 6 heteroatoms. The third-order valence-electron chi connectivity index (χ3n) is 5.21. The van der Waals surface area contributed by atoms with Gasteiger partial charge in [-0.15, -0.1) is 0 Å². The van der Waals surface area contributed by atoms with Crippen molar-refractivity contribution in [3.05, 3.63) is 65.7 Å². The quantitative estimate of drug-likeness (QED) is 0.718. The first-order valence-electron chi connectivity index (χ1n) is 9.59. The lowest BCUT2D eigenvalue weighted by atomic mass is 9.83. The van der Waals surface area contributed by atoms with Crippen molar-refractivity contribution in [1.29, 1.82) is 0 Å². The summed E-state index contributed by atoms with van der Waals surface area (Å²) in [6.45, 7) is 5.75. The molecular formula is C23H24N2O4. The number of nitrogens with zero attached hydrogens (tertiary/aromatic N) is 2. The minimum atomic E-state index is -1.18. The van der Waals surface area contributed by atoms with Crippen molar-refractivity contribution < 1.29 is 19.5 Å². The fourth-order valence-electron chi connectivity index (χ4n) is 3.52. The van der Waals surface area contributed by atoms with Gasteiger partial charge < -0.3 is 5.11 Å². The molecule has 1 amide bonds. The van der Waals surface area contributed by atoms with Gasteiger partial charge in [-0.25, -0.2) is 5.01 Å². The van der Waals surface area contributed by atoms with Gasteiger partial charge in [0, 0.05) is 17.7 Å². The van der Waals surface area contributed by atoms with Crippen molar-refractivity contribution in [2.24, 2.45) is 16.9 Å². The summed E-state index contributed by atoms with van der Waals surface area (Å²) in [5.41, 5.74) is 2.51. The Hall–Kier alpha value is -3.28. The van der Waals surface area contributed by atoms with Crippen LogP contribution >= 0.6 is 0 Å². The Morgan fingerprint density at radius 3 is 2.24 bits per heavy atom. The van der Waals surface area contributed by atoms with Crippen LogP contribution in [0.5, 0.6) is 0 Å². The number of hydrazone groups is 1. The van der Waals surface area contributed by atoms with Crippen LogP contribution in [-0.4, -0.2) is 28.5 Å². The lowest BCUT2D eigenvalue weighted by Gasteiger charge is -2.19. The van der Waals surface area contributed by atoms with Crippen LogP contribution in [0, 0.1) is 11.8 Å². The summed E-state index contributed by atoms with van der Waals surface area (Å²) in [5.74, 6) is -3.70. The standard InChI is InChI=1S/C23H24N2O4/c1-14(2)16-9-11-17(12-10-16)20(26)13-19(23(28)29)21-15(3)24-25(22(21)27)18-7-5-4-6-8-18/h4-12,14,19,21H,13H2,1-3H3,(H,28,29)/t19-,21+/m0/s1. The van der Waals surface area contributed by atoms with Crippen molar-refractivity contribution in [2.45, 2.75) is 33.1 Å². The summed E-state index contributed by atoms with van der Waals surface area (Å²) in [6, 6.07) is 16.0. The van der Waals surface area contributed by atoms with Gasteiger partial charge in [-0.2, -0.15) is 5.10 Å². The molecule has 0 unspecified atom stereocenters. The van der Waals surface area contributed by atoms with E-state index in [4.69, 9.17) is 0 Å². The molecule has 29 heavy (non-hydrogen) atoms. The molecule has 2 atom stereocenters. The van der Waals surface area contributed by atoms with Crippen molar-refractivity contribution in [3.8, 4) is 0 Å². The van der Waals surface area contributed by atoms with E-state index in [2.05, 4.69) is 18.9 Å². The molecule has 150 valence electrons. The Balaban J connectivity index is 1.81. The van der Waals surface area contributed by atoms with E-state index in [1.54, 1.807) is 43.3 Å². The Morgan fingerprint density at radius 2 is 1.69 bits per heavy atom. The smallest absolute Gasteiger partial charge is 0.308 e. The van der Waals surface area contributed by atoms with Gasteiger partial charge >= 0.3 is 5.97 Å². The topological polar surface area (TPSA) is 87.0 Å². The average Bonchev–Trinajstić information content (AvgIpc) is 3.00. The van der Waals surface area contributed by atoms with Gasteiger partial charge in [0.25, 0.3) is 5.91 Å². The molecule has 0 saturated heterocycles. The first-order chi connectivity index (χ1) is 13.8. The molecular weight excluding hydrogens is 368 g/mol. The summed E-state index contributed by atoms with van der Waals surface area (Å²) in [7, 11) is 0. The van der Waals surface area contributed by atoms with Gasteiger partial charge in [-0.05, 0) is 30.5 Å². The molecule has 0 fully saturated rings. The van der Waals surface area contributed by atoms with Crippen molar-refractivity contribution in [2.75, 3.05) is 5.01 Å². The molecule has 2 aromatic rings. The Morgan fingerprint density at radius 1 is 1.07 bits per heavy atom. The summed E-state index contributed by atoms with van der Waals surface area (Å²) >= 11 is 0. The van der Waals surface area contributed by atoms with E-state index in [1.165, 1.54) is 5.01 Å². The molecule has 0 bridgehead atoms. The molecule has 0 aromatic heterocycles. The number of carboxylic acid groups (broad SMARTS) is 1. The van der Waals surface area contributed by atoms with Crippen LogP contribution in [-0.2, 0) is 9.59 Å². The van der Waals surface area contributed by atoms with Gasteiger partial charge in [0.05, 0.1) is 17.5 Å². The highest BCUT2D eigenvalue weighted by Crippen LogP contribution is 2.31. The number of carboxylic acids is 1. The second-order valence-electron chi connectivity index (χ2n) is 7.55. The van der Waals surface area contributed by atoms with Gasteiger partial charge in [-0.1, -0.05) is 56.3 Å². The SMILES string of the molecule is CC1=NN(c2ccccc2)C(=O)[C@H]1[C@H](CC(=O)c1ccc(C(C)C)cc1)C(=O)O. The molecule has 2 aromatic carbocycles. The normalized spacial score (nSPS) is 17.4. The van der Waals surface area contributed by atoms with Crippen LogP contribution in [0.4, 0.5) is 5.69 Å². The van der Waals surface area contributed by atoms with Crippen LogP contribution in [0.15, 0.2) is 59.7 Å². The predicted octanol–water partition coefficient (Wildman–Crippen LogP) is 4.12. The first-order valence-corrected chi connectivity index (χ1v) is 9.59. The van der Waals surface area contributed by atoms with E-state index in [0.29, 0.717) is 22.9 Å². The fourth-order valence-corrected chi connectivity index (χ4v) is 3.52. The molecule has 0 radical (unpaired) electrons. The number of Topliss-reactive ketones (excluding diaryl/α,β-unsaturated/α-hetero) is 1. The molecule has 0 spiro atoms. The Labute approximate surface area is 169 Å². The molecule has 1 heterocycles. The number of hydrogen-bond acceptors (Lipinski definition) is 4. The van der Waals surface area contributed by atoms with Crippen molar-refractivity contribution >= 4 is 29.1 Å². The molecule has 0 saturated carbocycles. The van der Waals surface area contributed by atoms with Crippen LogP contribution in [0.1, 0.15) is 49.0 Å². The van der Waals surface area contributed by atoms with Crippen molar-refractivity contribution in [3.63, 3.8) is 0 Å². The Kier molecular flexibility index (Phi) is 5.92. The maximum Gasteiger partial charge on any atom is 0.308 e. The van der Waals surface area contributed by atoms with Crippen molar-refractivity contribution in [1.82, 2.24) is 0 Å². The number of anilines is 1. The van der Waals surface area contributed by atoms with Gasteiger partial charge in [0.1, 0.15) is 0 Å². The largest absolute Gasteiger partial charge is 0.481 e. The molecule has 1 N–H and O–H groups in total. The van der Waals surface area contributed by atoms with E-state index in [-0.39, 0.29) is 12.2 Å². The first kappa shape index (κ1) is 20.5. The van der Waals surface area contributed by atoms with Crippen LogP contribution in [0.3, 0.4) is 0 Å².